The number of nitrogens with zero attached hydrogens (tertiary/aromatic N) is 2. The van der Waals surface area contributed by atoms with Crippen LogP contribution < -0.4 is 0 Å². The highest BCUT2D eigenvalue weighted by Crippen LogP contribution is 2.35. The summed E-state index contributed by atoms with van der Waals surface area (Å²) in [6.45, 7) is 6.55. The highest BCUT2D eigenvalue weighted by atomic mass is 35.5. The molecule has 0 fully saturated rings. The van der Waals surface area contributed by atoms with Gasteiger partial charge in [-0.15, -0.1) is 0 Å². The van der Waals surface area contributed by atoms with E-state index in [1.807, 2.05) is 36.5 Å². The SMILES string of the molecule is CC(C)(C)c1ccnc(-n2c3ccc(Cl)cc3c3ccc(O)cc32)c1. The summed E-state index contributed by atoms with van der Waals surface area (Å²) in [7, 11) is 0. The quantitative estimate of drug-likeness (QED) is 0.468. The number of aromatic hydroxyl groups is 1. The molecule has 0 aliphatic carbocycles. The van der Waals surface area contributed by atoms with Gasteiger partial charge in [-0.05, 0) is 53.4 Å². The van der Waals surface area contributed by atoms with E-state index in [4.69, 9.17) is 11.6 Å². The van der Waals surface area contributed by atoms with Crippen molar-refractivity contribution in [2.45, 2.75) is 26.2 Å². The van der Waals surface area contributed by atoms with Gasteiger partial charge in [0, 0.05) is 28.1 Å². The fraction of sp³-hybridized carbons (Fsp3) is 0.190. The Bertz CT molecular complexity index is 1110. The van der Waals surface area contributed by atoms with Crippen molar-refractivity contribution in [3.05, 3.63) is 65.3 Å². The van der Waals surface area contributed by atoms with Gasteiger partial charge in [0.25, 0.3) is 0 Å². The maximum absolute atomic E-state index is 10.0. The third-order valence-corrected chi connectivity index (χ3v) is 4.79. The van der Waals surface area contributed by atoms with Gasteiger partial charge in [-0.1, -0.05) is 32.4 Å². The molecule has 0 aliphatic heterocycles. The number of halogens is 1. The van der Waals surface area contributed by atoms with Crippen molar-refractivity contribution in [1.29, 1.82) is 0 Å². The Morgan fingerprint density at radius 2 is 1.72 bits per heavy atom. The van der Waals surface area contributed by atoms with Crippen LogP contribution in [-0.4, -0.2) is 14.7 Å². The van der Waals surface area contributed by atoms with Crippen LogP contribution in [0.2, 0.25) is 5.02 Å². The molecule has 4 aromatic rings. The van der Waals surface area contributed by atoms with Crippen molar-refractivity contribution in [1.82, 2.24) is 9.55 Å². The predicted octanol–water partition coefficient (Wildman–Crippen LogP) is 5.84. The maximum Gasteiger partial charge on any atom is 0.137 e. The summed E-state index contributed by atoms with van der Waals surface area (Å²) in [5, 5.41) is 12.8. The van der Waals surface area contributed by atoms with Crippen molar-refractivity contribution >= 4 is 33.4 Å². The number of hydrogen-bond acceptors (Lipinski definition) is 2. The number of pyridine rings is 1. The van der Waals surface area contributed by atoms with E-state index in [1.54, 1.807) is 12.1 Å². The third-order valence-electron chi connectivity index (χ3n) is 4.55. The van der Waals surface area contributed by atoms with Crippen molar-refractivity contribution in [2.24, 2.45) is 0 Å². The summed E-state index contributed by atoms with van der Waals surface area (Å²) in [6.07, 6.45) is 1.84. The molecule has 0 saturated carbocycles. The van der Waals surface area contributed by atoms with Gasteiger partial charge >= 0.3 is 0 Å². The van der Waals surface area contributed by atoms with E-state index in [9.17, 15) is 5.11 Å². The number of benzene rings is 2. The average Bonchev–Trinajstić information content (AvgIpc) is 2.87. The van der Waals surface area contributed by atoms with Crippen LogP contribution in [0.1, 0.15) is 26.3 Å². The number of rotatable bonds is 1. The van der Waals surface area contributed by atoms with Crippen LogP contribution >= 0.6 is 11.6 Å². The lowest BCUT2D eigenvalue weighted by atomic mass is 9.88. The van der Waals surface area contributed by atoms with E-state index in [2.05, 4.69) is 36.4 Å². The number of aromatic nitrogens is 2. The molecular weight excluding hydrogens is 332 g/mol. The Kier molecular flexibility index (Phi) is 3.51. The van der Waals surface area contributed by atoms with Crippen molar-refractivity contribution in [3.8, 4) is 11.6 Å². The van der Waals surface area contributed by atoms with Gasteiger partial charge in [-0.3, -0.25) is 4.57 Å². The molecule has 25 heavy (non-hydrogen) atoms. The Morgan fingerprint density at radius 3 is 2.48 bits per heavy atom. The summed E-state index contributed by atoms with van der Waals surface area (Å²) < 4.78 is 2.08. The monoisotopic (exact) mass is 350 g/mol. The number of phenols is 1. The molecule has 4 heteroatoms. The van der Waals surface area contributed by atoms with Crippen LogP contribution in [0, 0.1) is 0 Å². The summed E-state index contributed by atoms with van der Waals surface area (Å²) in [5.41, 5.74) is 3.17. The first-order valence-corrected chi connectivity index (χ1v) is 8.62. The van der Waals surface area contributed by atoms with Crippen LogP contribution in [0.4, 0.5) is 0 Å². The lowest BCUT2D eigenvalue weighted by Crippen LogP contribution is -2.12. The molecular formula is C21H19ClN2O. The molecule has 2 aromatic carbocycles. The second kappa shape index (κ2) is 5.50. The summed E-state index contributed by atoms with van der Waals surface area (Å²) in [6, 6.07) is 15.4. The second-order valence-corrected chi connectivity index (χ2v) is 7.79. The molecule has 0 bridgehead atoms. The molecule has 126 valence electrons. The first-order valence-electron chi connectivity index (χ1n) is 8.24. The first-order chi connectivity index (χ1) is 11.8. The van der Waals surface area contributed by atoms with E-state index < -0.39 is 0 Å². The van der Waals surface area contributed by atoms with Crippen LogP contribution in [-0.2, 0) is 5.41 Å². The Hall–Kier alpha value is -2.52. The van der Waals surface area contributed by atoms with Crippen LogP contribution in [0.15, 0.2) is 54.7 Å². The summed E-state index contributed by atoms with van der Waals surface area (Å²) in [5.74, 6) is 1.06. The van der Waals surface area contributed by atoms with E-state index >= 15 is 0 Å². The predicted molar refractivity (Wildman–Crippen MR) is 104 cm³/mol. The standard InChI is InChI=1S/C21H19ClN2O/c1-21(2,3)13-8-9-23-20(10-13)24-18-7-4-14(22)11-17(18)16-6-5-15(25)12-19(16)24/h4-12,25H,1-3H3. The molecule has 0 saturated heterocycles. The number of phenolic OH excluding ortho intramolecular Hbond substituents is 1. The van der Waals surface area contributed by atoms with Crippen molar-refractivity contribution < 1.29 is 5.11 Å². The van der Waals surface area contributed by atoms with Gasteiger partial charge in [-0.25, -0.2) is 4.98 Å². The van der Waals surface area contributed by atoms with Gasteiger partial charge in [0.2, 0.25) is 0 Å². The summed E-state index contributed by atoms with van der Waals surface area (Å²) >= 11 is 6.22. The summed E-state index contributed by atoms with van der Waals surface area (Å²) in [4.78, 5) is 4.60. The minimum Gasteiger partial charge on any atom is -0.508 e. The van der Waals surface area contributed by atoms with Crippen LogP contribution in [0.5, 0.6) is 5.75 Å². The molecule has 0 unspecified atom stereocenters. The van der Waals surface area contributed by atoms with Gasteiger partial charge in [-0.2, -0.15) is 0 Å². The zero-order chi connectivity index (χ0) is 17.8. The van der Waals surface area contributed by atoms with Gasteiger partial charge < -0.3 is 5.11 Å². The minimum absolute atomic E-state index is 0.0297. The molecule has 2 heterocycles. The molecule has 4 rings (SSSR count). The van der Waals surface area contributed by atoms with E-state index in [0.29, 0.717) is 5.02 Å². The average molecular weight is 351 g/mol. The molecule has 2 aromatic heterocycles. The number of fused-ring (bicyclic) bond motifs is 3. The molecule has 0 atom stereocenters. The molecule has 3 nitrogen and oxygen atoms in total. The first kappa shape index (κ1) is 16.0. The number of hydrogen-bond donors (Lipinski definition) is 1. The smallest absolute Gasteiger partial charge is 0.137 e. The largest absolute Gasteiger partial charge is 0.508 e. The normalized spacial score (nSPS) is 12.2. The zero-order valence-electron chi connectivity index (χ0n) is 14.4. The Balaban J connectivity index is 2.11. The highest BCUT2D eigenvalue weighted by molar-refractivity contribution is 6.32. The minimum atomic E-state index is 0.0297. The Morgan fingerprint density at radius 1 is 0.920 bits per heavy atom. The lowest BCUT2D eigenvalue weighted by Gasteiger charge is -2.20. The lowest BCUT2D eigenvalue weighted by molar-refractivity contribution is 0.476. The van der Waals surface area contributed by atoms with E-state index in [-0.39, 0.29) is 11.2 Å². The highest BCUT2D eigenvalue weighted by Gasteiger charge is 2.18. The third kappa shape index (κ3) is 2.65. The van der Waals surface area contributed by atoms with E-state index in [0.717, 1.165) is 27.6 Å². The fourth-order valence-corrected chi connectivity index (χ4v) is 3.41. The Labute approximate surface area is 151 Å². The molecule has 0 aliphatic rings. The zero-order valence-corrected chi connectivity index (χ0v) is 15.2. The molecule has 0 amide bonds. The molecule has 0 radical (unpaired) electrons. The van der Waals surface area contributed by atoms with Gasteiger partial charge in [0.15, 0.2) is 0 Å². The fourth-order valence-electron chi connectivity index (χ4n) is 3.24. The van der Waals surface area contributed by atoms with Gasteiger partial charge in [0.05, 0.1) is 11.0 Å². The second-order valence-electron chi connectivity index (χ2n) is 7.35. The van der Waals surface area contributed by atoms with Crippen molar-refractivity contribution in [2.75, 3.05) is 0 Å². The van der Waals surface area contributed by atoms with Crippen molar-refractivity contribution in [3.63, 3.8) is 0 Å². The van der Waals surface area contributed by atoms with Gasteiger partial charge in [0.1, 0.15) is 11.6 Å². The topological polar surface area (TPSA) is 38.0 Å². The van der Waals surface area contributed by atoms with E-state index in [1.165, 1.54) is 5.56 Å². The van der Waals surface area contributed by atoms with Crippen LogP contribution in [0.3, 0.4) is 0 Å². The molecule has 1 N–H and O–H groups in total. The molecule has 0 spiro atoms. The van der Waals surface area contributed by atoms with Crippen LogP contribution in [0.25, 0.3) is 27.6 Å². The maximum atomic E-state index is 10.0.